The summed E-state index contributed by atoms with van der Waals surface area (Å²) in [7, 11) is -7.15. The fraction of sp³-hybridized carbons (Fsp3) is 0.588. The van der Waals surface area contributed by atoms with Gasteiger partial charge in [0.2, 0.25) is 0 Å². The Hall–Kier alpha value is -1.12. The Morgan fingerprint density at radius 2 is 1.77 bits per heavy atom. The van der Waals surface area contributed by atoms with Crippen LogP contribution in [0.3, 0.4) is 0 Å². The van der Waals surface area contributed by atoms with E-state index in [1.165, 1.54) is 18.2 Å². The second-order valence-corrected chi connectivity index (χ2v) is 11.8. The van der Waals surface area contributed by atoms with Gasteiger partial charge in [0, 0.05) is 13.1 Å². The molecule has 0 aliphatic carbocycles. The van der Waals surface area contributed by atoms with Gasteiger partial charge >= 0.3 is 0 Å². The molecule has 2 fully saturated rings. The van der Waals surface area contributed by atoms with E-state index in [0.29, 0.717) is 13.1 Å². The van der Waals surface area contributed by atoms with Gasteiger partial charge in [0.25, 0.3) is 5.91 Å². The fourth-order valence-corrected chi connectivity index (χ4v) is 8.07. The summed E-state index contributed by atoms with van der Waals surface area (Å²) in [6.07, 6.45) is 4.06. The minimum absolute atomic E-state index is 0.0397. The molecule has 2 aliphatic heterocycles. The highest BCUT2D eigenvalue weighted by atomic mass is 35.5. The molecule has 6 nitrogen and oxygen atoms in total. The number of nitrogens with zero attached hydrogens (tertiary/aromatic N) is 1. The van der Waals surface area contributed by atoms with Crippen molar-refractivity contribution in [1.29, 1.82) is 0 Å². The lowest BCUT2D eigenvalue weighted by atomic mass is 10.2. The lowest BCUT2D eigenvalue weighted by Gasteiger charge is -2.21. The minimum atomic E-state index is -3.83. The molecule has 1 aromatic rings. The molecule has 0 saturated carbocycles. The number of carbonyl (C=O) groups excluding carboxylic acids is 1. The van der Waals surface area contributed by atoms with E-state index in [9.17, 15) is 21.6 Å². The average Bonchev–Trinajstić information content (AvgIpc) is 2.80. The normalized spacial score (nSPS) is 23.6. The van der Waals surface area contributed by atoms with Crippen molar-refractivity contribution in [2.24, 2.45) is 0 Å². The van der Waals surface area contributed by atoms with Crippen LogP contribution in [0.25, 0.3) is 0 Å². The lowest BCUT2D eigenvalue weighted by molar-refractivity contribution is 0.0761. The number of rotatable bonds is 3. The highest BCUT2D eigenvalue weighted by molar-refractivity contribution is 7.96. The molecule has 1 amide bonds. The molecule has 26 heavy (non-hydrogen) atoms. The molecule has 1 unspecified atom stereocenters. The van der Waals surface area contributed by atoms with Gasteiger partial charge in [-0.05, 0) is 37.5 Å². The standard InChI is InChI=1S/C17H22ClNO5S2/c18-16-6-5-13(26(23,24)14-7-10-25(21,22)12-14)11-15(16)17(20)19-8-3-1-2-4-9-19/h5-6,11,14H,1-4,7-10,12H2. The predicted molar refractivity (Wildman–Crippen MR) is 100 cm³/mol. The zero-order valence-electron chi connectivity index (χ0n) is 14.4. The van der Waals surface area contributed by atoms with Crippen molar-refractivity contribution in [2.45, 2.75) is 42.2 Å². The van der Waals surface area contributed by atoms with E-state index >= 15 is 0 Å². The molecular formula is C17H22ClNO5S2. The molecule has 1 atom stereocenters. The van der Waals surface area contributed by atoms with Crippen LogP contribution < -0.4 is 0 Å². The molecule has 2 aliphatic rings. The lowest BCUT2D eigenvalue weighted by Crippen LogP contribution is -2.32. The monoisotopic (exact) mass is 419 g/mol. The van der Waals surface area contributed by atoms with E-state index in [2.05, 4.69) is 0 Å². The van der Waals surface area contributed by atoms with Crippen LogP contribution in [0.4, 0.5) is 0 Å². The summed E-state index contributed by atoms with van der Waals surface area (Å²) in [6, 6.07) is 4.06. The van der Waals surface area contributed by atoms with Crippen molar-refractivity contribution in [3.63, 3.8) is 0 Å². The van der Waals surface area contributed by atoms with Crippen molar-refractivity contribution in [2.75, 3.05) is 24.6 Å². The SMILES string of the molecule is O=C(c1cc(S(=O)(=O)C2CCS(=O)(=O)C2)ccc1Cl)N1CCCCCC1. The number of sulfone groups is 2. The molecule has 144 valence electrons. The Balaban J connectivity index is 1.91. The first-order chi connectivity index (χ1) is 12.2. The molecule has 0 N–H and O–H groups in total. The zero-order valence-corrected chi connectivity index (χ0v) is 16.7. The van der Waals surface area contributed by atoms with Gasteiger partial charge in [-0.3, -0.25) is 4.79 Å². The number of halogens is 1. The number of likely N-dealkylation sites (tertiary alicyclic amines) is 1. The minimum Gasteiger partial charge on any atom is -0.339 e. The second kappa shape index (κ2) is 7.48. The van der Waals surface area contributed by atoms with Gasteiger partial charge < -0.3 is 4.90 Å². The molecule has 0 radical (unpaired) electrons. The Bertz CT molecular complexity index is 903. The van der Waals surface area contributed by atoms with E-state index in [-0.39, 0.29) is 39.3 Å². The maximum absolute atomic E-state index is 12.8. The Morgan fingerprint density at radius 3 is 2.35 bits per heavy atom. The first-order valence-corrected chi connectivity index (χ1v) is 12.5. The maximum Gasteiger partial charge on any atom is 0.255 e. The van der Waals surface area contributed by atoms with E-state index < -0.39 is 24.9 Å². The van der Waals surface area contributed by atoms with Gasteiger partial charge in [0.15, 0.2) is 19.7 Å². The van der Waals surface area contributed by atoms with Crippen LogP contribution in [-0.4, -0.2) is 57.5 Å². The molecule has 2 saturated heterocycles. The highest BCUT2D eigenvalue weighted by Gasteiger charge is 2.38. The molecule has 9 heteroatoms. The Labute approximate surface area is 159 Å². The van der Waals surface area contributed by atoms with Gasteiger partial charge in [0.1, 0.15) is 0 Å². The van der Waals surface area contributed by atoms with Crippen molar-refractivity contribution >= 4 is 37.2 Å². The summed E-state index contributed by atoms with van der Waals surface area (Å²) in [5.41, 5.74) is 0.162. The summed E-state index contributed by atoms with van der Waals surface area (Å²) in [6.45, 7) is 1.26. The quantitative estimate of drug-likeness (QED) is 0.750. The predicted octanol–water partition coefficient (Wildman–Crippen LogP) is 2.32. The summed E-state index contributed by atoms with van der Waals surface area (Å²) in [5.74, 6) is -0.759. The molecule has 0 spiro atoms. The molecule has 3 rings (SSSR count). The third-order valence-electron chi connectivity index (χ3n) is 5.02. The maximum atomic E-state index is 12.8. The van der Waals surface area contributed by atoms with Crippen LogP contribution >= 0.6 is 11.6 Å². The van der Waals surface area contributed by atoms with Crippen molar-refractivity contribution in [3.8, 4) is 0 Å². The summed E-state index contributed by atoms with van der Waals surface area (Å²) < 4.78 is 48.9. The van der Waals surface area contributed by atoms with E-state index in [1.807, 2.05) is 0 Å². The smallest absolute Gasteiger partial charge is 0.255 e. The number of hydrogen-bond donors (Lipinski definition) is 0. The van der Waals surface area contributed by atoms with Crippen LogP contribution in [0.2, 0.25) is 5.02 Å². The van der Waals surface area contributed by atoms with Crippen molar-refractivity contribution in [3.05, 3.63) is 28.8 Å². The first-order valence-electron chi connectivity index (χ1n) is 8.74. The molecule has 1 aromatic carbocycles. The third-order valence-corrected chi connectivity index (χ3v) is 9.52. The van der Waals surface area contributed by atoms with Crippen LogP contribution in [0.1, 0.15) is 42.5 Å². The van der Waals surface area contributed by atoms with Crippen molar-refractivity contribution < 1.29 is 21.6 Å². The summed E-state index contributed by atoms with van der Waals surface area (Å²) in [4.78, 5) is 14.5. The molecular weight excluding hydrogens is 398 g/mol. The van der Waals surface area contributed by atoms with Crippen molar-refractivity contribution in [1.82, 2.24) is 4.90 Å². The molecule has 2 heterocycles. The van der Waals surface area contributed by atoms with Gasteiger partial charge in [-0.25, -0.2) is 16.8 Å². The van der Waals surface area contributed by atoms with Gasteiger partial charge in [-0.1, -0.05) is 24.4 Å². The van der Waals surface area contributed by atoms with E-state index in [4.69, 9.17) is 11.6 Å². The van der Waals surface area contributed by atoms with Gasteiger partial charge in [-0.2, -0.15) is 0 Å². The fourth-order valence-electron chi connectivity index (χ4n) is 3.49. The average molecular weight is 420 g/mol. The summed E-state index contributed by atoms with van der Waals surface area (Å²) >= 11 is 6.17. The largest absolute Gasteiger partial charge is 0.339 e. The number of hydrogen-bond acceptors (Lipinski definition) is 5. The Kier molecular flexibility index (Phi) is 5.65. The van der Waals surface area contributed by atoms with Crippen LogP contribution in [0, 0.1) is 0 Å². The Morgan fingerprint density at radius 1 is 1.12 bits per heavy atom. The number of carbonyl (C=O) groups is 1. The molecule has 0 bridgehead atoms. The van der Waals surface area contributed by atoms with Crippen LogP contribution in [0.5, 0.6) is 0 Å². The molecule has 0 aromatic heterocycles. The summed E-state index contributed by atoms with van der Waals surface area (Å²) in [5, 5.41) is -0.757. The topological polar surface area (TPSA) is 88.6 Å². The van der Waals surface area contributed by atoms with Crippen LogP contribution in [-0.2, 0) is 19.7 Å². The second-order valence-electron chi connectivity index (χ2n) is 6.92. The highest BCUT2D eigenvalue weighted by Crippen LogP contribution is 2.29. The van der Waals surface area contributed by atoms with Gasteiger partial charge in [-0.15, -0.1) is 0 Å². The third kappa shape index (κ3) is 4.07. The first kappa shape index (κ1) is 19.6. The van der Waals surface area contributed by atoms with E-state index in [0.717, 1.165) is 25.7 Å². The van der Waals surface area contributed by atoms with Crippen LogP contribution in [0.15, 0.2) is 23.1 Å². The zero-order chi connectivity index (χ0) is 18.9. The van der Waals surface area contributed by atoms with E-state index in [1.54, 1.807) is 4.90 Å². The number of benzene rings is 1. The van der Waals surface area contributed by atoms with Gasteiger partial charge in [0.05, 0.1) is 32.2 Å². The number of amides is 1.